The lowest BCUT2D eigenvalue weighted by Gasteiger charge is -2.24. The van der Waals surface area contributed by atoms with Gasteiger partial charge in [-0.15, -0.1) is 35.9 Å². The number of ether oxygens (including phenoxy) is 2. The Morgan fingerprint density at radius 2 is 1.29 bits per heavy atom. The van der Waals surface area contributed by atoms with Crippen LogP contribution in [0.25, 0.3) is 10.9 Å². The average molecular weight is 839 g/mol. The first-order valence-electron chi connectivity index (χ1n) is 19.2. The summed E-state index contributed by atoms with van der Waals surface area (Å²) >= 11 is 3.47. The molecule has 0 aliphatic carbocycles. The minimum Gasteiger partial charge on any atom is -0.466 e. The number of thioether (sulfide) groups is 2. The highest BCUT2D eigenvalue weighted by atomic mass is 35.5. The normalized spacial score (nSPS) is 11.7. The van der Waals surface area contributed by atoms with Crippen LogP contribution in [0, 0.1) is 10.8 Å². The second-order valence-electron chi connectivity index (χ2n) is 17.5. The van der Waals surface area contributed by atoms with Gasteiger partial charge in [0.25, 0.3) is 0 Å². The van der Waals surface area contributed by atoms with Gasteiger partial charge >= 0.3 is 11.9 Å². The molecule has 1 aromatic heterocycles. The molecule has 320 valence electrons. The Kier molecular flexibility index (Phi) is 24.1. The Balaban J connectivity index is 0. The summed E-state index contributed by atoms with van der Waals surface area (Å²) in [6.07, 6.45) is 0.880. The highest BCUT2D eigenvalue weighted by Crippen LogP contribution is 2.42. The maximum Gasteiger partial charge on any atom is 0.311 e. The molecular formula is C45H76ClN3O5S2. The smallest absolute Gasteiger partial charge is 0.311 e. The van der Waals surface area contributed by atoms with Crippen molar-refractivity contribution in [3.63, 3.8) is 0 Å². The monoisotopic (exact) mass is 837 g/mol. The summed E-state index contributed by atoms with van der Waals surface area (Å²) < 4.78 is 10.4. The fourth-order valence-electron chi connectivity index (χ4n) is 5.22. The molecular weight excluding hydrogens is 762 g/mol. The fraction of sp³-hybridized carbons (Fsp3) is 0.622. The molecule has 0 bridgehead atoms. The Labute approximate surface area is 355 Å². The van der Waals surface area contributed by atoms with Crippen molar-refractivity contribution in [3.05, 3.63) is 59.3 Å². The number of nitrogens with one attached hydrogen (secondary N) is 2. The molecule has 0 amide bonds. The SMILES string of the molecule is C.CC(C)c1cccc(NN)c1.CCOC(=O)C(C)(C)CC(=O)CSC(C)(C)C.CCOC(=O)C(C)(C)Cc1[nH]c2cc(C(C)C)ccc2c1SC(C)(C)C.Cl. The van der Waals surface area contributed by atoms with Crippen LogP contribution in [0.1, 0.15) is 153 Å². The zero-order valence-corrected chi connectivity index (χ0v) is 39.0. The van der Waals surface area contributed by atoms with E-state index in [1.165, 1.54) is 21.4 Å². The maximum atomic E-state index is 12.4. The summed E-state index contributed by atoms with van der Waals surface area (Å²) in [5, 5.41) is 1.24. The van der Waals surface area contributed by atoms with Crippen LogP contribution in [0.2, 0.25) is 0 Å². The van der Waals surface area contributed by atoms with Crippen molar-refractivity contribution >= 4 is 70.2 Å². The van der Waals surface area contributed by atoms with Gasteiger partial charge in [-0.05, 0) is 82.7 Å². The van der Waals surface area contributed by atoms with Crippen molar-refractivity contribution in [2.45, 2.75) is 157 Å². The first kappa shape index (κ1) is 55.4. The van der Waals surface area contributed by atoms with Crippen LogP contribution >= 0.6 is 35.9 Å². The van der Waals surface area contributed by atoms with E-state index in [0.717, 1.165) is 16.9 Å². The molecule has 0 saturated carbocycles. The summed E-state index contributed by atoms with van der Waals surface area (Å²) in [6.45, 7) is 33.4. The summed E-state index contributed by atoms with van der Waals surface area (Å²) in [7, 11) is 0. The van der Waals surface area contributed by atoms with Crippen molar-refractivity contribution < 1.29 is 23.9 Å². The zero-order chi connectivity index (χ0) is 41.7. The number of carbonyl (C=O) groups is 3. The molecule has 0 aliphatic heterocycles. The molecule has 3 aromatic rings. The number of hydrogen-bond acceptors (Lipinski definition) is 9. The molecule has 0 saturated heterocycles. The predicted octanol–water partition coefficient (Wildman–Crippen LogP) is 12.5. The van der Waals surface area contributed by atoms with Gasteiger partial charge in [0.1, 0.15) is 5.78 Å². The van der Waals surface area contributed by atoms with E-state index in [9.17, 15) is 14.4 Å². The number of benzene rings is 2. The van der Waals surface area contributed by atoms with Gasteiger partial charge in [-0.2, -0.15) is 0 Å². The van der Waals surface area contributed by atoms with Gasteiger partial charge in [-0.3, -0.25) is 20.2 Å². The maximum absolute atomic E-state index is 12.4. The first-order chi connectivity index (χ1) is 24.8. The minimum atomic E-state index is -0.717. The average Bonchev–Trinajstić information content (AvgIpc) is 3.37. The number of aromatic amines is 1. The van der Waals surface area contributed by atoms with Crippen LogP contribution < -0.4 is 11.3 Å². The second kappa shape index (κ2) is 24.3. The van der Waals surface area contributed by atoms with E-state index in [1.54, 1.807) is 32.5 Å². The summed E-state index contributed by atoms with van der Waals surface area (Å²) in [4.78, 5) is 40.6. The number of carbonyl (C=O) groups excluding carboxylic acids is 3. The quantitative estimate of drug-likeness (QED) is 0.0630. The van der Waals surface area contributed by atoms with Crippen molar-refractivity contribution in [3.8, 4) is 0 Å². The molecule has 56 heavy (non-hydrogen) atoms. The third-order valence-corrected chi connectivity index (χ3v) is 10.8. The Morgan fingerprint density at radius 3 is 1.75 bits per heavy atom. The fourth-order valence-corrected chi connectivity index (χ4v) is 7.06. The molecule has 4 N–H and O–H groups in total. The van der Waals surface area contributed by atoms with Crippen molar-refractivity contribution in [1.82, 2.24) is 4.98 Å². The van der Waals surface area contributed by atoms with E-state index in [1.807, 2.05) is 44.7 Å². The topological polar surface area (TPSA) is 124 Å². The largest absolute Gasteiger partial charge is 0.466 e. The van der Waals surface area contributed by atoms with Gasteiger partial charge in [0.2, 0.25) is 0 Å². The lowest BCUT2D eigenvalue weighted by Crippen LogP contribution is -2.30. The molecule has 0 radical (unpaired) electrons. The second-order valence-corrected chi connectivity index (χ2v) is 21.2. The number of Topliss-reactive ketones (excluding diaryl/α,β-unsaturated/α-hetero) is 1. The molecule has 1 heterocycles. The molecule has 2 aromatic carbocycles. The van der Waals surface area contributed by atoms with Gasteiger partial charge < -0.3 is 19.9 Å². The number of nitrogens with two attached hydrogens (primary N) is 1. The summed E-state index contributed by atoms with van der Waals surface area (Å²) in [5.74, 6) is 6.42. The number of rotatable bonds is 14. The summed E-state index contributed by atoms with van der Waals surface area (Å²) in [6, 6.07) is 14.8. The number of anilines is 1. The van der Waals surface area contributed by atoms with E-state index >= 15 is 0 Å². The number of halogens is 1. The highest BCUT2D eigenvalue weighted by Gasteiger charge is 2.33. The third kappa shape index (κ3) is 19.7. The summed E-state index contributed by atoms with van der Waals surface area (Å²) in [5.41, 5.74) is 7.21. The Morgan fingerprint density at radius 1 is 0.768 bits per heavy atom. The van der Waals surface area contributed by atoms with E-state index < -0.39 is 10.8 Å². The van der Waals surface area contributed by atoms with E-state index in [4.69, 9.17) is 15.3 Å². The molecule has 8 nitrogen and oxygen atoms in total. The van der Waals surface area contributed by atoms with E-state index in [-0.39, 0.29) is 53.5 Å². The third-order valence-electron chi connectivity index (χ3n) is 8.22. The standard InChI is InChI=1S/C22H33NO2S.C13H24O3S.C9H14N2.CH4.ClH/c1-9-25-20(24)22(7,8)13-18-19(26-21(4,5)6)16-11-10-15(14(2)3)12-17(16)23-18;1-7-16-11(15)13(5,6)8-10(14)9-17-12(2,3)4;1-7(2)8-4-3-5-9(6-8)11-10;;/h10-12,14,23H,9,13H2,1-8H3;7-9H2,1-6H3;3-7,11H,10H2,1-2H3;1H4;1H. The number of H-pyrrole nitrogens is 1. The lowest BCUT2D eigenvalue weighted by molar-refractivity contribution is -0.155. The van der Waals surface area contributed by atoms with Crippen LogP contribution in [-0.2, 0) is 30.3 Å². The van der Waals surface area contributed by atoms with Gasteiger partial charge in [0, 0.05) is 49.5 Å². The lowest BCUT2D eigenvalue weighted by atomic mass is 9.88. The van der Waals surface area contributed by atoms with Crippen LogP contribution in [-0.4, -0.2) is 51.2 Å². The van der Waals surface area contributed by atoms with Gasteiger partial charge in [0.15, 0.2) is 0 Å². The van der Waals surface area contributed by atoms with Crippen molar-refractivity contribution in [2.75, 3.05) is 24.4 Å². The number of aromatic nitrogens is 1. The molecule has 0 unspecified atom stereocenters. The van der Waals surface area contributed by atoms with Crippen LogP contribution in [0.3, 0.4) is 0 Å². The number of ketones is 1. The molecule has 3 rings (SSSR count). The van der Waals surface area contributed by atoms with Gasteiger partial charge in [-0.1, -0.05) is 101 Å². The van der Waals surface area contributed by atoms with E-state index in [2.05, 4.69) is 110 Å². The van der Waals surface area contributed by atoms with E-state index in [0.29, 0.717) is 37.2 Å². The Hall–Kier alpha value is -2.66. The van der Waals surface area contributed by atoms with Crippen LogP contribution in [0.15, 0.2) is 47.4 Å². The van der Waals surface area contributed by atoms with Crippen molar-refractivity contribution in [2.24, 2.45) is 16.7 Å². The van der Waals surface area contributed by atoms with Gasteiger partial charge in [0.05, 0.1) is 29.8 Å². The number of fused-ring (bicyclic) bond motifs is 1. The molecule has 0 spiro atoms. The Bertz CT molecular complexity index is 1650. The molecule has 11 heteroatoms. The van der Waals surface area contributed by atoms with Crippen LogP contribution in [0.5, 0.6) is 0 Å². The number of nitrogen functional groups attached to an aromatic ring is 1. The number of hydrazine groups is 1. The van der Waals surface area contributed by atoms with Crippen LogP contribution in [0.4, 0.5) is 5.69 Å². The zero-order valence-electron chi connectivity index (χ0n) is 36.6. The molecule has 0 fully saturated rings. The molecule has 0 aliphatic rings. The highest BCUT2D eigenvalue weighted by molar-refractivity contribution is 8.01. The first-order valence-corrected chi connectivity index (χ1v) is 21.0. The number of hydrogen-bond donors (Lipinski definition) is 3. The van der Waals surface area contributed by atoms with Gasteiger partial charge in [-0.25, -0.2) is 0 Å². The molecule has 0 atom stereocenters. The number of esters is 2. The minimum absolute atomic E-state index is 0. The van der Waals surface area contributed by atoms with Crippen molar-refractivity contribution in [1.29, 1.82) is 0 Å². The predicted molar refractivity (Wildman–Crippen MR) is 247 cm³/mol.